The predicted octanol–water partition coefficient (Wildman–Crippen LogP) is 5.59. The van der Waals surface area contributed by atoms with Crippen molar-refractivity contribution in [1.82, 2.24) is 5.32 Å². The molecule has 0 bridgehead atoms. The fourth-order valence-electron chi connectivity index (χ4n) is 3.54. The number of hydrogen-bond donors (Lipinski definition) is 3. The van der Waals surface area contributed by atoms with E-state index in [-0.39, 0.29) is 18.0 Å². The third-order valence-electron chi connectivity index (χ3n) is 5.45. The smallest absolute Gasteiger partial charge is 0.481 e. The molecule has 1 aliphatic rings. The molecule has 1 atom stereocenters. The number of carboxylic acids is 1. The summed E-state index contributed by atoms with van der Waals surface area (Å²) < 4.78 is 37.2. The summed E-state index contributed by atoms with van der Waals surface area (Å²) in [4.78, 5) is 16.0. The van der Waals surface area contributed by atoms with Gasteiger partial charge in [-0.05, 0) is 47.7 Å². The lowest BCUT2D eigenvalue weighted by Crippen LogP contribution is -2.20. The Morgan fingerprint density at radius 3 is 2.46 bits per heavy atom. The average molecular weight is 488 g/mol. The number of hydrogen-bond acceptors (Lipinski definition) is 5. The Bertz CT molecular complexity index is 1080. The topological polar surface area (TPSA) is 83.0 Å². The number of halogens is 3. The van der Waals surface area contributed by atoms with E-state index in [1.54, 1.807) is 12.1 Å². The summed E-state index contributed by atoms with van der Waals surface area (Å²) in [6.45, 7) is 3.19. The van der Waals surface area contributed by atoms with Crippen molar-refractivity contribution in [3.05, 3.63) is 89.0 Å². The second-order valence-electron chi connectivity index (χ2n) is 8.19. The lowest BCUT2D eigenvalue weighted by molar-refractivity contribution is -0.136. The van der Waals surface area contributed by atoms with Gasteiger partial charge in [0, 0.05) is 24.7 Å². The number of allylic oxidation sites excluding steroid dienone is 2. The SMILES string of the molecule is C/C(=N\OCC1=CCC(c2ccc(NC(F)(F)F)cc2)C=C1)c1ccc(CNCCC(=O)O)cc1. The first kappa shape index (κ1) is 26.0. The molecule has 3 N–H and O–H groups in total. The number of rotatable bonds is 11. The highest BCUT2D eigenvalue weighted by atomic mass is 19.4. The molecule has 0 spiro atoms. The van der Waals surface area contributed by atoms with E-state index in [4.69, 9.17) is 9.94 Å². The van der Waals surface area contributed by atoms with Crippen molar-refractivity contribution in [2.45, 2.75) is 38.5 Å². The minimum atomic E-state index is -4.45. The van der Waals surface area contributed by atoms with Crippen LogP contribution in [0.5, 0.6) is 0 Å². The quantitative estimate of drug-likeness (QED) is 0.167. The maximum atomic E-state index is 12.4. The first-order chi connectivity index (χ1) is 16.7. The summed E-state index contributed by atoms with van der Waals surface area (Å²) in [7, 11) is 0. The molecular formula is C26H28F3N3O3. The molecule has 186 valence electrons. The normalized spacial score (nSPS) is 16.1. The van der Waals surface area contributed by atoms with Crippen molar-refractivity contribution in [1.29, 1.82) is 0 Å². The lowest BCUT2D eigenvalue weighted by Gasteiger charge is -2.17. The molecule has 0 radical (unpaired) electrons. The molecule has 35 heavy (non-hydrogen) atoms. The van der Waals surface area contributed by atoms with E-state index >= 15 is 0 Å². The van der Waals surface area contributed by atoms with Crippen LogP contribution in [0.15, 0.2) is 77.5 Å². The number of oxime groups is 1. The third-order valence-corrected chi connectivity index (χ3v) is 5.45. The molecule has 2 aromatic carbocycles. The number of carboxylic acid groups (broad SMARTS) is 1. The maximum Gasteiger partial charge on any atom is 0.482 e. The van der Waals surface area contributed by atoms with Crippen molar-refractivity contribution in [3.63, 3.8) is 0 Å². The summed E-state index contributed by atoms with van der Waals surface area (Å²) in [5.74, 6) is -0.726. The number of carbonyl (C=O) groups is 1. The van der Waals surface area contributed by atoms with Crippen LogP contribution in [-0.4, -0.2) is 36.2 Å². The molecule has 1 aliphatic carbocycles. The van der Waals surface area contributed by atoms with Crippen LogP contribution in [0.2, 0.25) is 0 Å². The van der Waals surface area contributed by atoms with Crippen LogP contribution >= 0.6 is 0 Å². The zero-order valence-corrected chi connectivity index (χ0v) is 19.3. The molecule has 0 aliphatic heterocycles. The van der Waals surface area contributed by atoms with Crippen molar-refractivity contribution in [2.24, 2.45) is 5.16 Å². The van der Waals surface area contributed by atoms with Gasteiger partial charge in [-0.2, -0.15) is 13.2 Å². The summed E-state index contributed by atoms with van der Waals surface area (Å²) in [5, 5.41) is 17.4. The van der Waals surface area contributed by atoms with Crippen molar-refractivity contribution < 1.29 is 27.9 Å². The highest BCUT2D eigenvalue weighted by Crippen LogP contribution is 2.29. The molecule has 0 amide bonds. The molecule has 0 saturated carbocycles. The van der Waals surface area contributed by atoms with Crippen LogP contribution in [0.3, 0.4) is 0 Å². The first-order valence-electron chi connectivity index (χ1n) is 11.2. The van der Waals surface area contributed by atoms with Gasteiger partial charge in [0.25, 0.3) is 0 Å². The largest absolute Gasteiger partial charge is 0.482 e. The monoisotopic (exact) mass is 487 g/mol. The Hall–Kier alpha value is -3.59. The fraction of sp³-hybridized carbons (Fsp3) is 0.308. The lowest BCUT2D eigenvalue weighted by atomic mass is 9.90. The Morgan fingerprint density at radius 1 is 1.14 bits per heavy atom. The van der Waals surface area contributed by atoms with Gasteiger partial charge in [0.2, 0.25) is 0 Å². The van der Waals surface area contributed by atoms with Gasteiger partial charge in [0.05, 0.1) is 12.1 Å². The molecule has 9 heteroatoms. The van der Waals surface area contributed by atoms with Crippen LogP contribution in [0.1, 0.15) is 42.4 Å². The van der Waals surface area contributed by atoms with Crippen LogP contribution < -0.4 is 10.6 Å². The van der Waals surface area contributed by atoms with E-state index in [1.807, 2.05) is 49.4 Å². The van der Waals surface area contributed by atoms with Crippen molar-refractivity contribution in [2.75, 3.05) is 18.5 Å². The van der Waals surface area contributed by atoms with E-state index in [0.717, 1.165) is 34.4 Å². The first-order valence-corrected chi connectivity index (χ1v) is 11.2. The van der Waals surface area contributed by atoms with Gasteiger partial charge in [-0.25, -0.2) is 0 Å². The number of aliphatic carboxylic acids is 1. The zero-order valence-electron chi connectivity index (χ0n) is 19.3. The molecule has 0 saturated heterocycles. The van der Waals surface area contributed by atoms with Gasteiger partial charge in [-0.3, -0.25) is 10.1 Å². The average Bonchev–Trinajstić information content (AvgIpc) is 2.82. The minimum absolute atomic E-state index is 0.0148. The van der Waals surface area contributed by atoms with Crippen LogP contribution in [-0.2, 0) is 16.2 Å². The molecule has 2 aromatic rings. The molecular weight excluding hydrogens is 459 g/mol. The van der Waals surface area contributed by atoms with E-state index in [1.165, 1.54) is 17.4 Å². The van der Waals surface area contributed by atoms with Gasteiger partial charge in [-0.15, -0.1) is 0 Å². The highest BCUT2D eigenvalue weighted by molar-refractivity contribution is 5.98. The fourth-order valence-corrected chi connectivity index (χ4v) is 3.54. The van der Waals surface area contributed by atoms with Crippen LogP contribution in [0, 0.1) is 0 Å². The molecule has 3 rings (SSSR count). The highest BCUT2D eigenvalue weighted by Gasteiger charge is 2.26. The summed E-state index contributed by atoms with van der Waals surface area (Å²) >= 11 is 0. The van der Waals surface area contributed by atoms with Gasteiger partial charge in [0.15, 0.2) is 0 Å². The Labute approximate surface area is 202 Å². The van der Waals surface area contributed by atoms with Gasteiger partial charge >= 0.3 is 12.3 Å². The standard InChI is InChI=1S/C26H28F3N3O3/c1-18(21-6-2-19(3-7-21)16-30-15-14-25(33)34)32-35-17-20-4-8-22(9-5-20)23-10-12-24(13-11-23)31-26(27,28)29/h2-8,10-13,22,30-31H,9,14-17H2,1H3,(H,33,34)/b32-18+. The molecule has 1 unspecified atom stereocenters. The molecule has 0 heterocycles. The summed E-state index contributed by atoms with van der Waals surface area (Å²) in [6.07, 6.45) is 2.38. The number of benzene rings is 2. The Balaban J connectivity index is 1.44. The zero-order chi connectivity index (χ0) is 25.3. The number of nitrogens with one attached hydrogen (secondary N) is 2. The summed E-state index contributed by atoms with van der Waals surface area (Å²) in [5.41, 5.74) is 4.65. The van der Waals surface area contributed by atoms with Gasteiger partial charge < -0.3 is 15.3 Å². The number of alkyl halides is 3. The Kier molecular flexibility index (Phi) is 9.08. The predicted molar refractivity (Wildman–Crippen MR) is 129 cm³/mol. The Morgan fingerprint density at radius 2 is 1.86 bits per heavy atom. The van der Waals surface area contributed by atoms with E-state index < -0.39 is 12.3 Å². The second-order valence-corrected chi connectivity index (χ2v) is 8.19. The molecule has 0 fully saturated rings. The minimum Gasteiger partial charge on any atom is -0.481 e. The van der Waals surface area contributed by atoms with Crippen molar-refractivity contribution in [3.8, 4) is 0 Å². The van der Waals surface area contributed by atoms with E-state index in [0.29, 0.717) is 19.7 Å². The van der Waals surface area contributed by atoms with Gasteiger partial charge in [0.1, 0.15) is 6.61 Å². The maximum absolute atomic E-state index is 12.4. The van der Waals surface area contributed by atoms with Crippen LogP contribution in [0.4, 0.5) is 18.9 Å². The number of anilines is 1. The van der Waals surface area contributed by atoms with Crippen molar-refractivity contribution >= 4 is 17.4 Å². The molecule has 6 nitrogen and oxygen atoms in total. The van der Waals surface area contributed by atoms with E-state index in [9.17, 15) is 18.0 Å². The molecule has 0 aromatic heterocycles. The van der Waals surface area contributed by atoms with E-state index in [2.05, 4.69) is 10.5 Å². The van der Waals surface area contributed by atoms with Crippen LogP contribution in [0.25, 0.3) is 0 Å². The second kappa shape index (κ2) is 12.2. The number of nitrogens with zero attached hydrogens (tertiary/aromatic N) is 1. The van der Waals surface area contributed by atoms with Gasteiger partial charge in [-0.1, -0.05) is 59.8 Å². The third kappa shape index (κ3) is 8.94. The summed E-state index contributed by atoms with van der Waals surface area (Å²) in [6, 6.07) is 14.1.